The van der Waals surface area contributed by atoms with Gasteiger partial charge in [0.25, 0.3) is 0 Å². The zero-order valence-corrected chi connectivity index (χ0v) is 13.0. The second-order valence-electron chi connectivity index (χ2n) is 6.18. The van der Waals surface area contributed by atoms with Crippen molar-refractivity contribution in [3.8, 4) is 0 Å². The first-order valence-corrected chi connectivity index (χ1v) is 8.28. The first-order valence-electron chi connectivity index (χ1n) is 6.79. The largest absolute Gasteiger partial charge is 0.357 e. The van der Waals surface area contributed by atoms with E-state index < -0.39 is 10.8 Å². The molecule has 0 aromatic carbocycles. The molecule has 0 radical (unpaired) electrons. The Bertz CT molecular complexity index is 460. The minimum absolute atomic E-state index is 0.0368. The van der Waals surface area contributed by atoms with Crippen molar-refractivity contribution in [3.63, 3.8) is 0 Å². The lowest BCUT2D eigenvalue weighted by atomic mass is 9.96. The Morgan fingerprint density at radius 3 is 2.53 bits per heavy atom. The van der Waals surface area contributed by atoms with Gasteiger partial charge < -0.3 is 4.90 Å². The van der Waals surface area contributed by atoms with E-state index in [0.717, 1.165) is 36.0 Å². The zero-order valence-electron chi connectivity index (χ0n) is 12.2. The molecule has 0 unspecified atom stereocenters. The molecule has 0 amide bonds. The third-order valence-corrected chi connectivity index (χ3v) is 4.96. The number of hydrogen-bond donors (Lipinski definition) is 0. The SMILES string of the molecule is CN(c1ccnc(C(C)(C)C)n1)C1CCS(=O)CC1. The first-order chi connectivity index (χ1) is 8.88. The van der Waals surface area contributed by atoms with Crippen LogP contribution >= 0.6 is 0 Å². The molecule has 1 aliphatic rings. The minimum Gasteiger partial charge on any atom is -0.357 e. The van der Waals surface area contributed by atoms with Gasteiger partial charge in [0.1, 0.15) is 11.6 Å². The fourth-order valence-corrected chi connectivity index (χ4v) is 3.54. The van der Waals surface area contributed by atoms with E-state index in [-0.39, 0.29) is 5.41 Å². The van der Waals surface area contributed by atoms with Crippen LogP contribution in [0.5, 0.6) is 0 Å². The van der Waals surface area contributed by atoms with E-state index in [1.807, 2.05) is 12.3 Å². The number of rotatable bonds is 2. The molecular weight excluding hydrogens is 258 g/mol. The molecule has 2 heterocycles. The van der Waals surface area contributed by atoms with Crippen molar-refractivity contribution >= 4 is 16.6 Å². The predicted octanol–water partition coefficient (Wildman–Crippen LogP) is 2.12. The molecule has 0 bridgehead atoms. The van der Waals surface area contributed by atoms with E-state index in [1.54, 1.807) is 0 Å². The van der Waals surface area contributed by atoms with E-state index in [9.17, 15) is 4.21 Å². The molecular formula is C14H23N3OS. The lowest BCUT2D eigenvalue weighted by molar-refractivity contribution is 0.534. The Morgan fingerprint density at radius 1 is 1.32 bits per heavy atom. The molecule has 2 rings (SSSR count). The van der Waals surface area contributed by atoms with Gasteiger partial charge >= 0.3 is 0 Å². The minimum atomic E-state index is -0.612. The van der Waals surface area contributed by atoms with E-state index in [1.165, 1.54) is 0 Å². The summed E-state index contributed by atoms with van der Waals surface area (Å²) in [5.74, 6) is 3.46. The van der Waals surface area contributed by atoms with Gasteiger partial charge in [0.15, 0.2) is 0 Å². The topological polar surface area (TPSA) is 46.1 Å². The Hall–Kier alpha value is -0.970. The molecule has 1 saturated heterocycles. The summed E-state index contributed by atoms with van der Waals surface area (Å²) in [6.07, 6.45) is 3.80. The van der Waals surface area contributed by atoms with E-state index in [4.69, 9.17) is 0 Å². The standard InChI is InChI=1S/C14H23N3OS/c1-14(2,3)13-15-8-5-12(16-13)17(4)11-6-9-19(18)10-7-11/h5,8,11H,6-7,9-10H2,1-4H3. The summed E-state index contributed by atoms with van der Waals surface area (Å²) in [5.41, 5.74) is -0.0368. The summed E-state index contributed by atoms with van der Waals surface area (Å²) in [7, 11) is 1.47. The van der Waals surface area contributed by atoms with Crippen LogP contribution in [0.3, 0.4) is 0 Å². The zero-order chi connectivity index (χ0) is 14.0. The fourth-order valence-electron chi connectivity index (χ4n) is 2.26. The molecule has 106 valence electrons. The van der Waals surface area contributed by atoms with Crippen LogP contribution in [0.2, 0.25) is 0 Å². The third-order valence-electron chi connectivity index (χ3n) is 3.58. The van der Waals surface area contributed by atoms with Crippen molar-refractivity contribution in [3.05, 3.63) is 18.1 Å². The van der Waals surface area contributed by atoms with Crippen LogP contribution in [0.1, 0.15) is 39.4 Å². The number of anilines is 1. The molecule has 0 N–H and O–H groups in total. The summed E-state index contributed by atoms with van der Waals surface area (Å²) < 4.78 is 11.4. The predicted molar refractivity (Wildman–Crippen MR) is 80.0 cm³/mol. The van der Waals surface area contributed by atoms with Gasteiger partial charge in [-0.2, -0.15) is 0 Å². The number of aromatic nitrogens is 2. The van der Waals surface area contributed by atoms with E-state index in [2.05, 4.69) is 42.7 Å². The molecule has 1 aliphatic heterocycles. The molecule has 0 atom stereocenters. The highest BCUT2D eigenvalue weighted by molar-refractivity contribution is 7.85. The van der Waals surface area contributed by atoms with Crippen LogP contribution in [0, 0.1) is 0 Å². The smallest absolute Gasteiger partial charge is 0.135 e. The van der Waals surface area contributed by atoms with Crippen molar-refractivity contribution < 1.29 is 4.21 Å². The monoisotopic (exact) mass is 281 g/mol. The highest BCUT2D eigenvalue weighted by Gasteiger charge is 2.24. The molecule has 1 aromatic rings. The van der Waals surface area contributed by atoms with Crippen LogP contribution in [0.25, 0.3) is 0 Å². The van der Waals surface area contributed by atoms with Gasteiger partial charge in [-0.3, -0.25) is 4.21 Å². The van der Waals surface area contributed by atoms with Gasteiger partial charge in [0.2, 0.25) is 0 Å². The highest BCUT2D eigenvalue weighted by Crippen LogP contribution is 2.23. The van der Waals surface area contributed by atoms with Gasteiger partial charge in [0, 0.05) is 47.0 Å². The lowest BCUT2D eigenvalue weighted by Gasteiger charge is -2.32. The van der Waals surface area contributed by atoms with Crippen LogP contribution in [-0.2, 0) is 16.2 Å². The molecule has 0 spiro atoms. The molecule has 0 aliphatic carbocycles. The Labute approximate surface area is 118 Å². The molecule has 0 saturated carbocycles. The quantitative estimate of drug-likeness (QED) is 0.833. The van der Waals surface area contributed by atoms with E-state index in [0.29, 0.717) is 6.04 Å². The van der Waals surface area contributed by atoms with Crippen LogP contribution in [0.15, 0.2) is 12.3 Å². The van der Waals surface area contributed by atoms with Crippen LogP contribution in [-0.4, -0.2) is 38.8 Å². The van der Waals surface area contributed by atoms with Gasteiger partial charge in [-0.05, 0) is 18.9 Å². The van der Waals surface area contributed by atoms with Crippen LogP contribution in [0.4, 0.5) is 5.82 Å². The Kier molecular flexibility index (Phi) is 4.23. The van der Waals surface area contributed by atoms with Crippen molar-refractivity contribution in [1.29, 1.82) is 0 Å². The van der Waals surface area contributed by atoms with Crippen molar-refractivity contribution in [2.45, 2.75) is 45.1 Å². The number of hydrogen-bond acceptors (Lipinski definition) is 4. The Balaban J connectivity index is 2.15. The summed E-state index contributed by atoms with van der Waals surface area (Å²) in [5, 5.41) is 0. The van der Waals surface area contributed by atoms with Crippen molar-refractivity contribution in [2.24, 2.45) is 0 Å². The fraction of sp³-hybridized carbons (Fsp3) is 0.714. The third kappa shape index (κ3) is 3.53. The summed E-state index contributed by atoms with van der Waals surface area (Å²) in [6.45, 7) is 6.36. The Morgan fingerprint density at radius 2 is 1.95 bits per heavy atom. The van der Waals surface area contributed by atoms with Crippen molar-refractivity contribution in [1.82, 2.24) is 9.97 Å². The molecule has 5 heteroatoms. The van der Waals surface area contributed by atoms with Gasteiger partial charge in [-0.15, -0.1) is 0 Å². The molecule has 1 fully saturated rings. The summed E-state index contributed by atoms with van der Waals surface area (Å²) in [6, 6.07) is 2.40. The van der Waals surface area contributed by atoms with Crippen molar-refractivity contribution in [2.75, 3.05) is 23.5 Å². The maximum Gasteiger partial charge on any atom is 0.135 e. The summed E-state index contributed by atoms with van der Waals surface area (Å²) in [4.78, 5) is 11.3. The van der Waals surface area contributed by atoms with Gasteiger partial charge in [-0.1, -0.05) is 20.8 Å². The van der Waals surface area contributed by atoms with E-state index >= 15 is 0 Å². The molecule has 1 aromatic heterocycles. The highest BCUT2D eigenvalue weighted by atomic mass is 32.2. The lowest BCUT2D eigenvalue weighted by Crippen LogP contribution is -2.38. The van der Waals surface area contributed by atoms with Crippen LogP contribution < -0.4 is 4.90 Å². The number of nitrogens with zero attached hydrogens (tertiary/aromatic N) is 3. The maximum absolute atomic E-state index is 11.4. The maximum atomic E-state index is 11.4. The average Bonchev–Trinajstić information content (AvgIpc) is 2.38. The average molecular weight is 281 g/mol. The van der Waals surface area contributed by atoms with Gasteiger partial charge in [-0.25, -0.2) is 9.97 Å². The second-order valence-corrected chi connectivity index (χ2v) is 7.87. The van der Waals surface area contributed by atoms with Gasteiger partial charge in [0.05, 0.1) is 0 Å². The molecule has 4 nitrogen and oxygen atoms in total. The normalized spacial score (nSPS) is 24.2. The molecule has 19 heavy (non-hydrogen) atoms. The second kappa shape index (κ2) is 5.57. The summed E-state index contributed by atoms with van der Waals surface area (Å²) >= 11 is 0. The first kappa shape index (κ1) is 14.4.